The molecule has 0 unspecified atom stereocenters. The molecule has 0 fully saturated rings. The summed E-state index contributed by atoms with van der Waals surface area (Å²) in [6.45, 7) is 4.25. The van der Waals surface area contributed by atoms with Crippen LogP contribution in [-0.2, 0) is 4.79 Å². The molecule has 0 spiro atoms. The lowest BCUT2D eigenvalue weighted by atomic mass is 10.1. The van der Waals surface area contributed by atoms with Gasteiger partial charge < -0.3 is 9.84 Å². The van der Waals surface area contributed by atoms with Crippen molar-refractivity contribution < 1.29 is 14.6 Å². The van der Waals surface area contributed by atoms with E-state index >= 15 is 0 Å². The van der Waals surface area contributed by atoms with Crippen LogP contribution in [0.25, 0.3) is 0 Å². The van der Waals surface area contributed by atoms with Crippen LogP contribution in [0.1, 0.15) is 11.1 Å². The summed E-state index contributed by atoms with van der Waals surface area (Å²) >= 11 is 0. The Bertz CT molecular complexity index is 380. The molecule has 0 saturated carbocycles. The lowest BCUT2D eigenvalue weighted by molar-refractivity contribution is -0.131. The van der Waals surface area contributed by atoms with Crippen molar-refractivity contribution in [3.63, 3.8) is 0 Å². The molecule has 0 aliphatic heterocycles. The van der Waals surface area contributed by atoms with Crippen LogP contribution in [0.4, 0.5) is 0 Å². The van der Waals surface area contributed by atoms with Gasteiger partial charge in [0.05, 0.1) is 0 Å². The predicted octanol–water partition coefficient (Wildman–Crippen LogP) is 2.32. The zero-order valence-electron chi connectivity index (χ0n) is 8.86. The van der Waals surface area contributed by atoms with Gasteiger partial charge in [0, 0.05) is 6.08 Å². The van der Waals surface area contributed by atoms with Crippen molar-refractivity contribution in [2.75, 3.05) is 6.61 Å². The minimum absolute atomic E-state index is 0.274. The first-order valence-electron chi connectivity index (χ1n) is 4.69. The maximum Gasteiger partial charge on any atom is 0.328 e. The number of rotatable bonds is 4. The van der Waals surface area contributed by atoms with Crippen molar-refractivity contribution in [1.29, 1.82) is 0 Å². The summed E-state index contributed by atoms with van der Waals surface area (Å²) in [7, 11) is 0. The van der Waals surface area contributed by atoms with Gasteiger partial charge in [-0.1, -0.05) is 17.7 Å². The number of hydrogen-bond acceptors (Lipinski definition) is 2. The van der Waals surface area contributed by atoms with Crippen LogP contribution >= 0.6 is 0 Å². The van der Waals surface area contributed by atoms with Crippen molar-refractivity contribution in [3.8, 4) is 5.75 Å². The number of aliphatic carboxylic acids is 1. The highest BCUT2D eigenvalue weighted by Gasteiger charge is 1.97. The van der Waals surface area contributed by atoms with Crippen molar-refractivity contribution >= 4 is 5.97 Å². The van der Waals surface area contributed by atoms with E-state index in [1.54, 1.807) is 0 Å². The van der Waals surface area contributed by atoms with E-state index in [9.17, 15) is 4.79 Å². The summed E-state index contributed by atoms with van der Waals surface area (Å²) in [5, 5.41) is 8.36. The van der Waals surface area contributed by atoms with Gasteiger partial charge in [0.15, 0.2) is 0 Å². The van der Waals surface area contributed by atoms with Crippen LogP contribution in [0.3, 0.4) is 0 Å². The van der Waals surface area contributed by atoms with Crippen LogP contribution in [0, 0.1) is 13.8 Å². The Morgan fingerprint density at radius 3 is 2.80 bits per heavy atom. The summed E-state index contributed by atoms with van der Waals surface area (Å²) in [6, 6.07) is 5.87. The van der Waals surface area contributed by atoms with Crippen LogP contribution in [0.5, 0.6) is 5.75 Å². The van der Waals surface area contributed by atoms with Gasteiger partial charge in [0.25, 0.3) is 0 Å². The molecule has 1 aromatic rings. The number of carboxylic acid groups (broad SMARTS) is 1. The molecule has 3 heteroatoms. The highest BCUT2D eigenvalue weighted by Crippen LogP contribution is 2.18. The SMILES string of the molecule is Cc1ccc(OCC=CC(=O)O)c(C)c1. The highest BCUT2D eigenvalue weighted by molar-refractivity contribution is 5.79. The summed E-state index contributed by atoms with van der Waals surface area (Å²) in [5.41, 5.74) is 2.24. The molecule has 1 aromatic carbocycles. The molecule has 0 amide bonds. The highest BCUT2D eigenvalue weighted by atomic mass is 16.5. The van der Waals surface area contributed by atoms with Gasteiger partial charge in [-0.25, -0.2) is 4.79 Å². The maximum atomic E-state index is 10.2. The summed E-state index contributed by atoms with van der Waals surface area (Å²) in [4.78, 5) is 10.2. The molecule has 0 saturated heterocycles. The van der Waals surface area contributed by atoms with Gasteiger partial charge in [-0.2, -0.15) is 0 Å². The molecule has 0 bridgehead atoms. The molecule has 1 rings (SSSR count). The smallest absolute Gasteiger partial charge is 0.328 e. The maximum absolute atomic E-state index is 10.2. The first-order valence-corrected chi connectivity index (χ1v) is 4.69. The van der Waals surface area contributed by atoms with Crippen LogP contribution in [0.2, 0.25) is 0 Å². The molecule has 0 aliphatic rings. The molecule has 80 valence electrons. The van der Waals surface area contributed by atoms with E-state index in [1.165, 1.54) is 11.6 Å². The first-order chi connectivity index (χ1) is 7.09. The molecule has 0 radical (unpaired) electrons. The number of hydrogen-bond donors (Lipinski definition) is 1. The summed E-state index contributed by atoms with van der Waals surface area (Å²) in [5.74, 6) is -0.171. The third kappa shape index (κ3) is 3.85. The van der Waals surface area contributed by atoms with Crippen molar-refractivity contribution in [2.24, 2.45) is 0 Å². The van der Waals surface area contributed by atoms with E-state index < -0.39 is 5.97 Å². The molecule has 15 heavy (non-hydrogen) atoms. The fraction of sp³-hybridized carbons (Fsp3) is 0.250. The van der Waals surface area contributed by atoms with E-state index in [0.29, 0.717) is 0 Å². The zero-order valence-corrected chi connectivity index (χ0v) is 8.86. The average Bonchev–Trinajstić information content (AvgIpc) is 2.14. The van der Waals surface area contributed by atoms with Gasteiger partial charge in [-0.05, 0) is 31.6 Å². The van der Waals surface area contributed by atoms with Crippen molar-refractivity contribution in [3.05, 3.63) is 41.5 Å². The van der Waals surface area contributed by atoms with Gasteiger partial charge in [-0.3, -0.25) is 0 Å². The first kappa shape index (κ1) is 11.3. The third-order valence-electron chi connectivity index (χ3n) is 1.93. The number of carboxylic acids is 1. The second-order valence-corrected chi connectivity index (χ2v) is 3.32. The molecule has 0 aromatic heterocycles. The van der Waals surface area contributed by atoms with Gasteiger partial charge in [0.2, 0.25) is 0 Å². The van der Waals surface area contributed by atoms with E-state index in [0.717, 1.165) is 17.4 Å². The van der Waals surface area contributed by atoms with Crippen LogP contribution < -0.4 is 4.74 Å². The van der Waals surface area contributed by atoms with Gasteiger partial charge in [-0.15, -0.1) is 0 Å². The van der Waals surface area contributed by atoms with E-state index in [-0.39, 0.29) is 6.61 Å². The van der Waals surface area contributed by atoms with E-state index in [2.05, 4.69) is 0 Å². The minimum atomic E-state index is -0.959. The van der Waals surface area contributed by atoms with Crippen LogP contribution in [-0.4, -0.2) is 17.7 Å². The second-order valence-electron chi connectivity index (χ2n) is 3.32. The molecule has 3 nitrogen and oxygen atoms in total. The lowest BCUT2D eigenvalue weighted by Gasteiger charge is -2.07. The zero-order chi connectivity index (χ0) is 11.3. The number of ether oxygens (including phenoxy) is 1. The molecule has 1 N–H and O–H groups in total. The van der Waals surface area contributed by atoms with Crippen LogP contribution in [0.15, 0.2) is 30.4 Å². The molecular formula is C12H14O3. The minimum Gasteiger partial charge on any atom is -0.489 e. The fourth-order valence-electron chi connectivity index (χ4n) is 1.25. The monoisotopic (exact) mass is 206 g/mol. The van der Waals surface area contributed by atoms with Gasteiger partial charge in [0.1, 0.15) is 12.4 Å². The molecular weight excluding hydrogens is 192 g/mol. The lowest BCUT2D eigenvalue weighted by Crippen LogP contribution is -1.97. The fourth-order valence-corrected chi connectivity index (χ4v) is 1.25. The van der Waals surface area contributed by atoms with E-state index in [4.69, 9.17) is 9.84 Å². The van der Waals surface area contributed by atoms with Gasteiger partial charge >= 0.3 is 5.97 Å². The van der Waals surface area contributed by atoms with Crippen molar-refractivity contribution in [1.82, 2.24) is 0 Å². The number of carbonyl (C=O) groups is 1. The standard InChI is InChI=1S/C12H14O3/c1-9-5-6-11(10(2)8-9)15-7-3-4-12(13)14/h3-6,8H,7H2,1-2H3,(H,13,14). The third-order valence-corrected chi connectivity index (χ3v) is 1.93. The molecule has 0 aliphatic carbocycles. The Morgan fingerprint density at radius 2 is 2.20 bits per heavy atom. The van der Waals surface area contributed by atoms with E-state index in [1.807, 2.05) is 32.0 Å². The predicted molar refractivity (Wildman–Crippen MR) is 58.2 cm³/mol. The Labute approximate surface area is 89.0 Å². The number of aryl methyl sites for hydroxylation is 2. The Morgan fingerprint density at radius 1 is 1.47 bits per heavy atom. The normalized spacial score (nSPS) is 10.5. The molecule has 0 atom stereocenters. The Kier molecular flexibility index (Phi) is 3.92. The Hall–Kier alpha value is -1.77. The second kappa shape index (κ2) is 5.20. The number of benzene rings is 1. The summed E-state index contributed by atoms with van der Waals surface area (Å²) < 4.78 is 5.39. The average molecular weight is 206 g/mol. The molecule has 0 heterocycles. The quantitative estimate of drug-likeness (QED) is 0.769. The topological polar surface area (TPSA) is 46.5 Å². The Balaban J connectivity index is 2.54. The summed E-state index contributed by atoms with van der Waals surface area (Å²) in [6.07, 6.45) is 2.55. The largest absolute Gasteiger partial charge is 0.489 e. The van der Waals surface area contributed by atoms with Crippen molar-refractivity contribution in [2.45, 2.75) is 13.8 Å².